The van der Waals surface area contributed by atoms with E-state index in [0.29, 0.717) is 16.3 Å². The Labute approximate surface area is 99.4 Å². The lowest BCUT2D eigenvalue weighted by Gasteiger charge is -2.23. The van der Waals surface area contributed by atoms with Crippen LogP contribution in [0.2, 0.25) is 5.02 Å². The molecule has 4 N–H and O–H groups in total. The summed E-state index contributed by atoms with van der Waals surface area (Å²) in [7, 11) is 0. The van der Waals surface area contributed by atoms with Crippen molar-refractivity contribution in [3.63, 3.8) is 0 Å². The van der Waals surface area contributed by atoms with Crippen molar-refractivity contribution >= 4 is 23.2 Å². The highest BCUT2D eigenvalue weighted by atomic mass is 35.5. The number of rotatable bonds is 3. The van der Waals surface area contributed by atoms with E-state index in [2.05, 4.69) is 5.32 Å². The Kier molecular flexibility index (Phi) is 3.78. The molecule has 0 aliphatic heterocycles. The van der Waals surface area contributed by atoms with Gasteiger partial charge in [0.2, 0.25) is 0 Å². The molecule has 1 aromatic carbocycles. The summed E-state index contributed by atoms with van der Waals surface area (Å²) in [5.74, 6) is -0.351. The second kappa shape index (κ2) is 4.72. The zero-order valence-electron chi connectivity index (χ0n) is 9.25. The van der Waals surface area contributed by atoms with Gasteiger partial charge in [0.05, 0.1) is 22.7 Å². The second-order valence-corrected chi connectivity index (χ2v) is 4.64. The topological polar surface area (TPSA) is 75.3 Å². The van der Waals surface area contributed by atoms with Crippen LogP contribution in [0.5, 0.6) is 0 Å². The van der Waals surface area contributed by atoms with Crippen molar-refractivity contribution in [3.05, 3.63) is 28.8 Å². The number of aliphatic hydroxyl groups excluding tert-OH is 1. The molecule has 0 spiro atoms. The van der Waals surface area contributed by atoms with Gasteiger partial charge in [0.1, 0.15) is 0 Å². The number of carbonyl (C=O) groups excluding carboxylic acids is 1. The summed E-state index contributed by atoms with van der Waals surface area (Å²) in [6, 6.07) is 4.69. The number of anilines is 1. The zero-order chi connectivity index (χ0) is 12.3. The molecule has 0 bridgehead atoms. The number of amides is 1. The Balaban J connectivity index is 2.93. The Morgan fingerprint density at radius 2 is 2.19 bits per heavy atom. The van der Waals surface area contributed by atoms with Crippen LogP contribution in [0.15, 0.2) is 18.2 Å². The Morgan fingerprint density at radius 1 is 1.56 bits per heavy atom. The maximum atomic E-state index is 11.8. The first-order valence-electron chi connectivity index (χ1n) is 4.84. The third kappa shape index (κ3) is 3.12. The molecule has 0 heterocycles. The average molecular weight is 243 g/mol. The average Bonchev–Trinajstić information content (AvgIpc) is 2.21. The smallest absolute Gasteiger partial charge is 0.253 e. The molecule has 0 saturated carbocycles. The van der Waals surface area contributed by atoms with Crippen molar-refractivity contribution in [1.82, 2.24) is 5.32 Å². The van der Waals surface area contributed by atoms with E-state index in [1.54, 1.807) is 26.0 Å². The van der Waals surface area contributed by atoms with Crippen LogP contribution in [0.1, 0.15) is 24.2 Å². The summed E-state index contributed by atoms with van der Waals surface area (Å²) >= 11 is 5.88. The lowest BCUT2D eigenvalue weighted by Crippen LogP contribution is -2.46. The standard InChI is InChI=1S/C11H15ClN2O2/c1-11(2,6-15)14-10(16)8-5-7(13)3-4-9(8)12/h3-5,15H,6,13H2,1-2H3,(H,14,16). The van der Waals surface area contributed by atoms with Crippen LogP contribution in [0.4, 0.5) is 5.69 Å². The first-order valence-corrected chi connectivity index (χ1v) is 5.22. The Hall–Kier alpha value is -1.26. The number of nitrogens with two attached hydrogens (primary N) is 1. The van der Waals surface area contributed by atoms with Gasteiger partial charge < -0.3 is 16.2 Å². The lowest BCUT2D eigenvalue weighted by atomic mass is 10.1. The minimum atomic E-state index is -0.689. The molecule has 0 atom stereocenters. The van der Waals surface area contributed by atoms with Gasteiger partial charge in [-0.05, 0) is 32.0 Å². The van der Waals surface area contributed by atoms with Gasteiger partial charge in [0, 0.05) is 5.69 Å². The lowest BCUT2D eigenvalue weighted by molar-refractivity contribution is 0.0869. The minimum Gasteiger partial charge on any atom is -0.399 e. The molecule has 88 valence electrons. The first-order chi connectivity index (χ1) is 7.35. The monoisotopic (exact) mass is 242 g/mol. The molecular weight excluding hydrogens is 228 g/mol. The largest absolute Gasteiger partial charge is 0.399 e. The third-order valence-electron chi connectivity index (χ3n) is 2.08. The highest BCUT2D eigenvalue weighted by molar-refractivity contribution is 6.34. The number of benzene rings is 1. The summed E-state index contributed by atoms with van der Waals surface area (Å²) in [6.07, 6.45) is 0. The van der Waals surface area contributed by atoms with Crippen molar-refractivity contribution in [3.8, 4) is 0 Å². The fourth-order valence-electron chi connectivity index (χ4n) is 1.13. The molecule has 0 unspecified atom stereocenters. The molecule has 0 saturated heterocycles. The number of hydrogen-bond donors (Lipinski definition) is 3. The van der Waals surface area contributed by atoms with Crippen molar-refractivity contribution in [1.29, 1.82) is 0 Å². The molecule has 1 aromatic rings. The van der Waals surface area contributed by atoms with Crippen molar-refractivity contribution < 1.29 is 9.90 Å². The number of hydrogen-bond acceptors (Lipinski definition) is 3. The molecule has 0 radical (unpaired) electrons. The van der Waals surface area contributed by atoms with Crippen molar-refractivity contribution in [2.75, 3.05) is 12.3 Å². The van der Waals surface area contributed by atoms with E-state index >= 15 is 0 Å². The highest BCUT2D eigenvalue weighted by Gasteiger charge is 2.21. The second-order valence-electron chi connectivity index (χ2n) is 4.24. The van der Waals surface area contributed by atoms with Crippen LogP contribution < -0.4 is 11.1 Å². The van der Waals surface area contributed by atoms with Gasteiger partial charge in [0.25, 0.3) is 5.91 Å². The van der Waals surface area contributed by atoms with Gasteiger partial charge in [0.15, 0.2) is 0 Å². The Morgan fingerprint density at radius 3 is 2.75 bits per heavy atom. The van der Waals surface area contributed by atoms with Crippen LogP contribution in [-0.4, -0.2) is 23.2 Å². The molecule has 5 heteroatoms. The zero-order valence-corrected chi connectivity index (χ0v) is 10.0. The van der Waals surface area contributed by atoms with Crippen LogP contribution >= 0.6 is 11.6 Å². The molecule has 1 rings (SSSR count). The summed E-state index contributed by atoms with van der Waals surface area (Å²) in [6.45, 7) is 3.27. The molecule has 4 nitrogen and oxygen atoms in total. The molecule has 0 aliphatic rings. The van der Waals surface area contributed by atoms with E-state index in [0.717, 1.165) is 0 Å². The van der Waals surface area contributed by atoms with Gasteiger partial charge in [-0.25, -0.2) is 0 Å². The maximum absolute atomic E-state index is 11.8. The van der Waals surface area contributed by atoms with Gasteiger partial charge in [-0.15, -0.1) is 0 Å². The molecule has 16 heavy (non-hydrogen) atoms. The van der Waals surface area contributed by atoms with Crippen LogP contribution in [0.3, 0.4) is 0 Å². The SMILES string of the molecule is CC(C)(CO)NC(=O)c1cc(N)ccc1Cl. The molecule has 0 aliphatic carbocycles. The summed E-state index contributed by atoms with van der Waals surface area (Å²) in [4.78, 5) is 11.8. The van der Waals surface area contributed by atoms with Crippen LogP contribution in [-0.2, 0) is 0 Å². The van der Waals surface area contributed by atoms with Crippen LogP contribution in [0, 0.1) is 0 Å². The quantitative estimate of drug-likeness (QED) is 0.702. The van der Waals surface area contributed by atoms with Gasteiger partial charge in [-0.1, -0.05) is 11.6 Å². The summed E-state index contributed by atoms with van der Waals surface area (Å²) in [5, 5.41) is 12.0. The fraction of sp³-hybridized carbons (Fsp3) is 0.364. The molecule has 0 fully saturated rings. The minimum absolute atomic E-state index is 0.154. The van der Waals surface area contributed by atoms with Crippen LogP contribution in [0.25, 0.3) is 0 Å². The van der Waals surface area contributed by atoms with E-state index in [-0.39, 0.29) is 12.5 Å². The molecule has 0 aromatic heterocycles. The third-order valence-corrected chi connectivity index (χ3v) is 2.41. The number of nitrogen functional groups attached to an aromatic ring is 1. The maximum Gasteiger partial charge on any atom is 0.253 e. The first kappa shape index (κ1) is 12.8. The number of aliphatic hydroxyl groups is 1. The Bertz CT molecular complexity index is 405. The van der Waals surface area contributed by atoms with Gasteiger partial charge in [-0.2, -0.15) is 0 Å². The fourth-order valence-corrected chi connectivity index (χ4v) is 1.33. The normalized spacial score (nSPS) is 11.2. The van der Waals surface area contributed by atoms with E-state index in [1.807, 2.05) is 0 Å². The van der Waals surface area contributed by atoms with Gasteiger partial charge in [-0.3, -0.25) is 4.79 Å². The summed E-state index contributed by atoms with van der Waals surface area (Å²) in [5.41, 5.74) is 5.66. The molecule has 1 amide bonds. The van der Waals surface area contributed by atoms with E-state index in [9.17, 15) is 4.79 Å². The predicted molar refractivity (Wildman–Crippen MR) is 64.5 cm³/mol. The van der Waals surface area contributed by atoms with E-state index in [1.165, 1.54) is 6.07 Å². The highest BCUT2D eigenvalue weighted by Crippen LogP contribution is 2.19. The predicted octanol–water partition coefficient (Wildman–Crippen LogP) is 1.42. The number of carbonyl (C=O) groups is 1. The molecular formula is C11H15ClN2O2. The van der Waals surface area contributed by atoms with E-state index in [4.69, 9.17) is 22.4 Å². The van der Waals surface area contributed by atoms with Crippen molar-refractivity contribution in [2.45, 2.75) is 19.4 Å². The number of halogens is 1. The van der Waals surface area contributed by atoms with E-state index < -0.39 is 5.54 Å². The number of nitrogens with one attached hydrogen (secondary N) is 1. The van der Waals surface area contributed by atoms with Crippen molar-refractivity contribution in [2.24, 2.45) is 0 Å². The van der Waals surface area contributed by atoms with Gasteiger partial charge >= 0.3 is 0 Å². The summed E-state index contributed by atoms with van der Waals surface area (Å²) < 4.78 is 0.